The molecule has 108 valence electrons. The molecule has 1 aliphatic carbocycles. The van der Waals surface area contributed by atoms with Crippen LogP contribution in [0.5, 0.6) is 5.75 Å². The molecule has 1 aliphatic rings. The van der Waals surface area contributed by atoms with Gasteiger partial charge in [-0.1, -0.05) is 12.1 Å². The van der Waals surface area contributed by atoms with Crippen LogP contribution in [0, 0.1) is 5.41 Å². The Bertz CT molecular complexity index is 508. The fraction of sp³-hybridized carbons (Fsp3) is 0.429. The van der Waals surface area contributed by atoms with E-state index in [2.05, 4.69) is 5.32 Å². The zero-order valence-corrected chi connectivity index (χ0v) is 11.0. The van der Waals surface area contributed by atoms with Gasteiger partial charge in [0.25, 0.3) is 0 Å². The first-order chi connectivity index (χ1) is 9.43. The van der Waals surface area contributed by atoms with Gasteiger partial charge in [-0.3, -0.25) is 9.59 Å². The summed E-state index contributed by atoms with van der Waals surface area (Å²) in [5, 5.41) is 20.8. The van der Waals surface area contributed by atoms with Gasteiger partial charge in [-0.05, 0) is 37.0 Å². The van der Waals surface area contributed by atoms with Gasteiger partial charge in [0, 0.05) is 6.54 Å². The third-order valence-corrected chi connectivity index (χ3v) is 3.64. The van der Waals surface area contributed by atoms with E-state index in [4.69, 9.17) is 15.9 Å². The van der Waals surface area contributed by atoms with Gasteiger partial charge < -0.3 is 21.3 Å². The lowest BCUT2D eigenvalue weighted by molar-refractivity contribution is -0.143. The summed E-state index contributed by atoms with van der Waals surface area (Å²) in [7, 11) is 0. The van der Waals surface area contributed by atoms with E-state index in [-0.39, 0.29) is 18.2 Å². The number of nitrogens with two attached hydrogens (primary N) is 1. The lowest BCUT2D eigenvalue weighted by atomic mass is 10.0. The van der Waals surface area contributed by atoms with Gasteiger partial charge in [0.05, 0.1) is 11.5 Å². The van der Waals surface area contributed by atoms with Crippen molar-refractivity contribution in [3.63, 3.8) is 0 Å². The number of aromatic hydroxyl groups is 1. The molecule has 1 atom stereocenters. The Hall–Kier alpha value is -2.08. The number of carboxylic acid groups (broad SMARTS) is 1. The lowest BCUT2D eigenvalue weighted by Gasteiger charge is -2.15. The van der Waals surface area contributed by atoms with Crippen LogP contribution in [0.1, 0.15) is 18.4 Å². The Balaban J connectivity index is 1.83. The summed E-state index contributed by atoms with van der Waals surface area (Å²) in [4.78, 5) is 22.8. The number of carboxylic acids is 1. The monoisotopic (exact) mass is 278 g/mol. The Morgan fingerprint density at radius 2 is 1.90 bits per heavy atom. The van der Waals surface area contributed by atoms with Crippen molar-refractivity contribution < 1.29 is 19.8 Å². The largest absolute Gasteiger partial charge is 0.508 e. The minimum absolute atomic E-state index is 0.129. The van der Waals surface area contributed by atoms with E-state index in [1.54, 1.807) is 12.1 Å². The standard InChI is InChI=1S/C14H18N2O4/c15-11(7-9-1-3-10(17)4-2-9)12(18)16-8-14(5-6-14)13(19)20/h1-4,11,17H,5-8,15H2,(H,16,18)(H,19,20)/t11-/m1/s1. The van der Waals surface area contributed by atoms with Gasteiger partial charge in [0.2, 0.25) is 5.91 Å². The Kier molecular flexibility index (Phi) is 3.94. The molecular formula is C14H18N2O4. The molecule has 0 aromatic heterocycles. The third kappa shape index (κ3) is 3.27. The summed E-state index contributed by atoms with van der Waals surface area (Å²) in [6.45, 7) is 0.129. The molecule has 1 amide bonds. The average Bonchev–Trinajstić information content (AvgIpc) is 3.20. The van der Waals surface area contributed by atoms with Crippen molar-refractivity contribution >= 4 is 11.9 Å². The van der Waals surface area contributed by atoms with Crippen LogP contribution in [0.25, 0.3) is 0 Å². The second-order valence-electron chi connectivity index (χ2n) is 5.28. The molecule has 6 nitrogen and oxygen atoms in total. The SMILES string of the molecule is N[C@H](Cc1ccc(O)cc1)C(=O)NCC1(C(=O)O)CC1. The fourth-order valence-corrected chi connectivity index (χ4v) is 1.98. The van der Waals surface area contributed by atoms with Crippen LogP contribution in [0.4, 0.5) is 0 Å². The number of carbonyl (C=O) groups excluding carboxylic acids is 1. The van der Waals surface area contributed by atoms with Gasteiger partial charge in [0.1, 0.15) is 5.75 Å². The third-order valence-electron chi connectivity index (χ3n) is 3.64. The summed E-state index contributed by atoms with van der Waals surface area (Å²) >= 11 is 0. The number of aliphatic carboxylic acids is 1. The van der Waals surface area contributed by atoms with E-state index >= 15 is 0 Å². The number of nitrogens with one attached hydrogen (secondary N) is 1. The molecule has 0 heterocycles. The Morgan fingerprint density at radius 1 is 1.30 bits per heavy atom. The maximum Gasteiger partial charge on any atom is 0.311 e. The highest BCUT2D eigenvalue weighted by Gasteiger charge is 2.50. The van der Waals surface area contributed by atoms with Crippen LogP contribution in [-0.2, 0) is 16.0 Å². The molecule has 0 saturated heterocycles. The summed E-state index contributed by atoms with van der Waals surface area (Å²) in [6.07, 6.45) is 1.53. The van der Waals surface area contributed by atoms with Crippen LogP contribution in [0.3, 0.4) is 0 Å². The van der Waals surface area contributed by atoms with E-state index in [0.29, 0.717) is 19.3 Å². The first-order valence-electron chi connectivity index (χ1n) is 6.47. The Labute approximate surface area is 116 Å². The molecule has 1 aromatic rings. The molecule has 5 N–H and O–H groups in total. The number of carbonyl (C=O) groups is 2. The summed E-state index contributed by atoms with van der Waals surface area (Å²) < 4.78 is 0. The smallest absolute Gasteiger partial charge is 0.311 e. The average molecular weight is 278 g/mol. The molecule has 1 fully saturated rings. The number of amides is 1. The van der Waals surface area contributed by atoms with Crippen LogP contribution in [0.15, 0.2) is 24.3 Å². The molecule has 0 bridgehead atoms. The van der Waals surface area contributed by atoms with E-state index in [0.717, 1.165) is 5.56 Å². The van der Waals surface area contributed by atoms with Gasteiger partial charge in [-0.2, -0.15) is 0 Å². The van der Waals surface area contributed by atoms with Gasteiger partial charge in [0.15, 0.2) is 0 Å². The molecule has 0 radical (unpaired) electrons. The number of phenolic OH excluding ortho intramolecular Hbond substituents is 1. The van der Waals surface area contributed by atoms with Crippen molar-refractivity contribution in [2.24, 2.45) is 11.1 Å². The molecule has 1 saturated carbocycles. The minimum Gasteiger partial charge on any atom is -0.508 e. The zero-order valence-electron chi connectivity index (χ0n) is 11.0. The minimum atomic E-state index is -0.870. The van der Waals surface area contributed by atoms with E-state index < -0.39 is 17.4 Å². The zero-order chi connectivity index (χ0) is 14.8. The number of rotatable bonds is 6. The maximum absolute atomic E-state index is 11.8. The van der Waals surface area contributed by atoms with Crippen molar-refractivity contribution in [3.8, 4) is 5.75 Å². The first kappa shape index (κ1) is 14.3. The highest BCUT2D eigenvalue weighted by atomic mass is 16.4. The predicted molar refractivity (Wildman–Crippen MR) is 72.1 cm³/mol. The van der Waals surface area contributed by atoms with E-state index in [1.165, 1.54) is 12.1 Å². The number of phenols is 1. The van der Waals surface area contributed by atoms with Gasteiger partial charge in [-0.25, -0.2) is 0 Å². The number of hydrogen-bond donors (Lipinski definition) is 4. The van der Waals surface area contributed by atoms with Crippen molar-refractivity contribution in [2.75, 3.05) is 6.54 Å². The number of benzene rings is 1. The molecule has 2 rings (SSSR count). The second kappa shape index (κ2) is 5.50. The molecule has 0 unspecified atom stereocenters. The second-order valence-corrected chi connectivity index (χ2v) is 5.28. The van der Waals surface area contributed by atoms with Crippen LogP contribution in [0.2, 0.25) is 0 Å². The predicted octanol–water partition coefficient (Wildman–Crippen LogP) is 0.243. The molecule has 6 heteroatoms. The van der Waals surface area contributed by atoms with Crippen molar-refractivity contribution in [2.45, 2.75) is 25.3 Å². The van der Waals surface area contributed by atoms with Crippen molar-refractivity contribution in [3.05, 3.63) is 29.8 Å². The van der Waals surface area contributed by atoms with Crippen LogP contribution < -0.4 is 11.1 Å². The van der Waals surface area contributed by atoms with Crippen molar-refractivity contribution in [1.82, 2.24) is 5.32 Å². The van der Waals surface area contributed by atoms with E-state index in [9.17, 15) is 9.59 Å². The molecule has 20 heavy (non-hydrogen) atoms. The summed E-state index contributed by atoms with van der Waals surface area (Å²) in [6, 6.07) is 5.72. The molecule has 0 spiro atoms. The van der Waals surface area contributed by atoms with Crippen LogP contribution >= 0.6 is 0 Å². The topological polar surface area (TPSA) is 113 Å². The molecule has 0 aliphatic heterocycles. The Morgan fingerprint density at radius 3 is 2.40 bits per heavy atom. The normalized spacial score (nSPS) is 17.2. The summed E-state index contributed by atoms with van der Waals surface area (Å²) in [5.74, 6) is -1.07. The van der Waals surface area contributed by atoms with Crippen molar-refractivity contribution in [1.29, 1.82) is 0 Å². The molecule has 1 aromatic carbocycles. The quantitative estimate of drug-likeness (QED) is 0.595. The van der Waals surface area contributed by atoms with Gasteiger partial charge >= 0.3 is 5.97 Å². The lowest BCUT2D eigenvalue weighted by Crippen LogP contribution is -2.45. The fourth-order valence-electron chi connectivity index (χ4n) is 1.98. The van der Waals surface area contributed by atoms with E-state index in [1.807, 2.05) is 0 Å². The highest BCUT2D eigenvalue weighted by Crippen LogP contribution is 2.45. The summed E-state index contributed by atoms with van der Waals surface area (Å²) in [5.41, 5.74) is 5.85. The maximum atomic E-state index is 11.8. The van der Waals surface area contributed by atoms with Crippen LogP contribution in [-0.4, -0.2) is 34.7 Å². The van der Waals surface area contributed by atoms with Gasteiger partial charge in [-0.15, -0.1) is 0 Å². The highest BCUT2D eigenvalue weighted by molar-refractivity contribution is 5.84. The number of hydrogen-bond acceptors (Lipinski definition) is 4. The first-order valence-corrected chi connectivity index (χ1v) is 6.47. The molecular weight excluding hydrogens is 260 g/mol.